The van der Waals surface area contributed by atoms with Crippen molar-refractivity contribution in [3.63, 3.8) is 0 Å². The second-order valence-corrected chi connectivity index (χ2v) is 4.87. The molecule has 1 aliphatic rings. The molecule has 1 saturated carbocycles. The van der Waals surface area contributed by atoms with E-state index in [0.29, 0.717) is 22.3 Å². The lowest BCUT2D eigenvalue weighted by molar-refractivity contribution is 0.0975. The molecule has 92 valence electrons. The number of Topliss-reactive ketones (excluding diaryl/α,β-unsaturated/α-hetero) is 1. The molecule has 0 aliphatic heterocycles. The molecule has 18 heavy (non-hydrogen) atoms. The number of hydrogen-bond acceptors (Lipinski definition) is 3. The van der Waals surface area contributed by atoms with Crippen LogP contribution in [0.3, 0.4) is 0 Å². The third-order valence-electron chi connectivity index (χ3n) is 2.87. The Kier molecular flexibility index (Phi) is 3.78. The van der Waals surface area contributed by atoms with Gasteiger partial charge in [0.05, 0.1) is 12.1 Å². The molecule has 1 fully saturated rings. The summed E-state index contributed by atoms with van der Waals surface area (Å²) in [6, 6.07) is 8.93. The Labute approximate surface area is 111 Å². The minimum atomic E-state index is -0.785. The van der Waals surface area contributed by atoms with Gasteiger partial charge in [-0.2, -0.15) is 5.26 Å². The van der Waals surface area contributed by atoms with Crippen LogP contribution in [0, 0.1) is 17.2 Å². The molecule has 2 rings (SSSR count). The van der Waals surface area contributed by atoms with Crippen molar-refractivity contribution in [1.82, 2.24) is 0 Å². The molecule has 1 aliphatic carbocycles. The molecule has 1 unspecified atom stereocenters. The van der Waals surface area contributed by atoms with Gasteiger partial charge in [0.1, 0.15) is 5.92 Å². The predicted molar refractivity (Wildman–Crippen MR) is 71.0 cm³/mol. The molecule has 3 nitrogen and oxygen atoms in total. The minimum Gasteiger partial charge on any atom is -0.292 e. The van der Waals surface area contributed by atoms with Crippen LogP contribution in [0.5, 0.6) is 0 Å². The van der Waals surface area contributed by atoms with Crippen molar-refractivity contribution in [3.8, 4) is 6.07 Å². The van der Waals surface area contributed by atoms with E-state index >= 15 is 0 Å². The standard InChI is InChI=1S/C14H13ClN2O/c1-9(17-12-6-7-12)13(8-16)14(18)10-2-4-11(15)5-3-10/h2-5,12-13H,6-7H2,1H3. The van der Waals surface area contributed by atoms with Crippen LogP contribution in [0.1, 0.15) is 30.1 Å². The zero-order chi connectivity index (χ0) is 13.1. The smallest absolute Gasteiger partial charge is 0.185 e. The molecular formula is C14H13ClN2O. The van der Waals surface area contributed by atoms with Crippen molar-refractivity contribution in [3.05, 3.63) is 34.9 Å². The maximum absolute atomic E-state index is 12.2. The van der Waals surface area contributed by atoms with Crippen LogP contribution < -0.4 is 0 Å². The van der Waals surface area contributed by atoms with Gasteiger partial charge in [-0.25, -0.2) is 0 Å². The summed E-state index contributed by atoms with van der Waals surface area (Å²) >= 11 is 5.77. The SMILES string of the molecule is CC(=NC1CC1)C(C#N)C(=O)c1ccc(Cl)cc1. The minimum absolute atomic E-state index is 0.212. The Morgan fingerprint density at radius 3 is 2.56 bits per heavy atom. The third kappa shape index (κ3) is 2.96. The summed E-state index contributed by atoms with van der Waals surface area (Å²) in [6.45, 7) is 1.75. The quantitative estimate of drug-likeness (QED) is 0.616. The first-order valence-electron chi connectivity index (χ1n) is 5.85. The van der Waals surface area contributed by atoms with Gasteiger partial charge in [-0.15, -0.1) is 0 Å². The average molecular weight is 261 g/mol. The van der Waals surface area contributed by atoms with Gasteiger partial charge < -0.3 is 0 Å². The molecule has 0 saturated heterocycles. The van der Waals surface area contributed by atoms with Crippen LogP contribution in [0.25, 0.3) is 0 Å². The lowest BCUT2D eigenvalue weighted by Gasteiger charge is -2.08. The molecule has 0 aromatic heterocycles. The first-order chi connectivity index (χ1) is 8.61. The lowest BCUT2D eigenvalue weighted by atomic mass is 9.95. The molecule has 0 bridgehead atoms. The van der Waals surface area contributed by atoms with E-state index in [1.54, 1.807) is 31.2 Å². The molecule has 1 atom stereocenters. The molecule has 0 amide bonds. The number of aliphatic imine (C=N–C) groups is 1. The van der Waals surface area contributed by atoms with Crippen molar-refractivity contribution in [1.29, 1.82) is 5.26 Å². The second-order valence-electron chi connectivity index (χ2n) is 4.43. The van der Waals surface area contributed by atoms with Crippen LogP contribution in [0.2, 0.25) is 5.02 Å². The normalized spacial score (nSPS) is 17.1. The summed E-state index contributed by atoms with van der Waals surface area (Å²) in [7, 11) is 0. The second kappa shape index (κ2) is 5.32. The number of nitriles is 1. The van der Waals surface area contributed by atoms with Crippen molar-refractivity contribution >= 4 is 23.1 Å². The largest absolute Gasteiger partial charge is 0.292 e. The van der Waals surface area contributed by atoms with Crippen molar-refractivity contribution in [2.75, 3.05) is 0 Å². The number of rotatable bonds is 4. The monoisotopic (exact) mass is 260 g/mol. The summed E-state index contributed by atoms with van der Waals surface area (Å²) in [4.78, 5) is 16.6. The van der Waals surface area contributed by atoms with Crippen LogP contribution in [0.15, 0.2) is 29.3 Å². The molecule has 4 heteroatoms. The van der Waals surface area contributed by atoms with Gasteiger partial charge in [0, 0.05) is 16.3 Å². The van der Waals surface area contributed by atoms with Gasteiger partial charge in [0.2, 0.25) is 0 Å². The molecular weight excluding hydrogens is 248 g/mol. The number of carbonyl (C=O) groups is 1. The summed E-state index contributed by atoms with van der Waals surface area (Å²) in [6.07, 6.45) is 2.12. The van der Waals surface area contributed by atoms with Crippen molar-refractivity contribution in [2.24, 2.45) is 10.9 Å². The fourth-order valence-electron chi connectivity index (χ4n) is 1.69. The van der Waals surface area contributed by atoms with Crippen molar-refractivity contribution in [2.45, 2.75) is 25.8 Å². The highest BCUT2D eigenvalue weighted by molar-refractivity contribution is 6.30. The number of ketones is 1. The highest BCUT2D eigenvalue weighted by atomic mass is 35.5. The maximum atomic E-state index is 12.2. The number of hydrogen-bond donors (Lipinski definition) is 0. The molecule has 0 radical (unpaired) electrons. The fourth-order valence-corrected chi connectivity index (χ4v) is 1.81. The first-order valence-corrected chi connectivity index (χ1v) is 6.23. The van der Waals surface area contributed by atoms with Crippen LogP contribution in [-0.2, 0) is 0 Å². The first kappa shape index (κ1) is 12.8. The van der Waals surface area contributed by atoms with E-state index in [9.17, 15) is 4.79 Å². The summed E-state index contributed by atoms with van der Waals surface area (Å²) in [5, 5.41) is 9.71. The molecule has 0 spiro atoms. The molecule has 0 heterocycles. The van der Waals surface area contributed by atoms with Crippen molar-refractivity contribution < 1.29 is 4.79 Å². The lowest BCUT2D eigenvalue weighted by Crippen LogP contribution is -2.21. The van der Waals surface area contributed by atoms with E-state index in [4.69, 9.17) is 16.9 Å². The van der Waals surface area contributed by atoms with Gasteiger partial charge in [-0.05, 0) is 44.0 Å². The summed E-state index contributed by atoms with van der Waals surface area (Å²) < 4.78 is 0. The van der Waals surface area contributed by atoms with Gasteiger partial charge in [-0.3, -0.25) is 9.79 Å². The molecule has 0 N–H and O–H groups in total. The van der Waals surface area contributed by atoms with Crippen LogP contribution in [-0.4, -0.2) is 17.5 Å². The van der Waals surface area contributed by atoms with E-state index in [-0.39, 0.29) is 5.78 Å². The van der Waals surface area contributed by atoms with Gasteiger partial charge in [0.15, 0.2) is 5.78 Å². The Morgan fingerprint density at radius 2 is 2.06 bits per heavy atom. The Morgan fingerprint density at radius 1 is 1.44 bits per heavy atom. The third-order valence-corrected chi connectivity index (χ3v) is 3.12. The summed E-state index contributed by atoms with van der Waals surface area (Å²) in [5.41, 5.74) is 1.11. The Balaban J connectivity index is 2.19. The zero-order valence-electron chi connectivity index (χ0n) is 10.1. The van der Waals surface area contributed by atoms with Crippen LogP contribution in [0.4, 0.5) is 0 Å². The van der Waals surface area contributed by atoms with E-state index in [1.165, 1.54) is 0 Å². The van der Waals surface area contributed by atoms with Crippen LogP contribution >= 0.6 is 11.6 Å². The number of benzene rings is 1. The van der Waals surface area contributed by atoms with Gasteiger partial charge in [-0.1, -0.05) is 11.6 Å². The number of halogens is 1. The zero-order valence-corrected chi connectivity index (χ0v) is 10.8. The Hall–Kier alpha value is -1.66. The topological polar surface area (TPSA) is 53.2 Å². The fraction of sp³-hybridized carbons (Fsp3) is 0.357. The van der Waals surface area contributed by atoms with Gasteiger partial charge >= 0.3 is 0 Å². The number of nitrogens with zero attached hydrogens (tertiary/aromatic N) is 2. The molecule has 1 aromatic rings. The maximum Gasteiger partial charge on any atom is 0.185 e. The van der Waals surface area contributed by atoms with E-state index < -0.39 is 5.92 Å². The highest BCUT2D eigenvalue weighted by Crippen LogP contribution is 2.25. The summed E-state index contributed by atoms with van der Waals surface area (Å²) in [5.74, 6) is -0.997. The van der Waals surface area contributed by atoms with E-state index in [0.717, 1.165) is 12.8 Å². The Bertz CT molecular complexity index is 524. The predicted octanol–water partition coefficient (Wildman–Crippen LogP) is 3.29. The van der Waals surface area contributed by atoms with Gasteiger partial charge in [0.25, 0.3) is 0 Å². The number of carbonyl (C=O) groups excluding carboxylic acids is 1. The van der Waals surface area contributed by atoms with E-state index in [1.807, 2.05) is 6.07 Å². The highest BCUT2D eigenvalue weighted by Gasteiger charge is 2.26. The average Bonchev–Trinajstić information content (AvgIpc) is 3.14. The molecule has 1 aromatic carbocycles. The van der Waals surface area contributed by atoms with E-state index in [2.05, 4.69) is 4.99 Å².